The highest BCUT2D eigenvalue weighted by molar-refractivity contribution is 5.71. The molecule has 0 aliphatic carbocycles. The Morgan fingerprint density at radius 3 is 0.899 bits per heavy atom. The van der Waals surface area contributed by atoms with Crippen molar-refractivity contribution in [1.29, 1.82) is 0 Å². The number of ether oxygens (including phenoxy) is 3. The van der Waals surface area contributed by atoms with Crippen LogP contribution in [0.3, 0.4) is 0 Å². The van der Waals surface area contributed by atoms with E-state index in [-0.39, 0.29) is 37.5 Å². The Bertz CT molecular complexity index is 1470. The molecular weight excluding hydrogens is 853 g/mol. The third-order valence-corrected chi connectivity index (χ3v) is 11.4. The molecule has 0 aromatic carbocycles. The van der Waals surface area contributed by atoms with Gasteiger partial charge >= 0.3 is 17.9 Å². The van der Waals surface area contributed by atoms with Crippen LogP contribution in [0.1, 0.15) is 239 Å². The van der Waals surface area contributed by atoms with E-state index >= 15 is 0 Å². The molecule has 0 aliphatic rings. The van der Waals surface area contributed by atoms with Crippen LogP contribution in [0.25, 0.3) is 0 Å². The van der Waals surface area contributed by atoms with E-state index in [9.17, 15) is 14.4 Å². The molecule has 0 radical (unpaired) electrons. The van der Waals surface area contributed by atoms with Gasteiger partial charge in [0, 0.05) is 19.3 Å². The van der Waals surface area contributed by atoms with Crippen LogP contribution < -0.4 is 0 Å². The maximum atomic E-state index is 12.8. The highest BCUT2D eigenvalue weighted by atomic mass is 16.6. The van der Waals surface area contributed by atoms with E-state index in [1.54, 1.807) is 0 Å². The summed E-state index contributed by atoms with van der Waals surface area (Å²) in [4.78, 5) is 38.1. The summed E-state index contributed by atoms with van der Waals surface area (Å²) in [5.74, 6) is -0.982. The first kappa shape index (κ1) is 64.8. The topological polar surface area (TPSA) is 78.9 Å². The van der Waals surface area contributed by atoms with Crippen LogP contribution in [0.5, 0.6) is 0 Å². The average molecular weight is 956 g/mol. The van der Waals surface area contributed by atoms with Crippen molar-refractivity contribution in [2.45, 2.75) is 245 Å². The fraction of sp³-hybridized carbons (Fsp3) is 0.635. The lowest BCUT2D eigenvalue weighted by Gasteiger charge is -2.18. The van der Waals surface area contributed by atoms with E-state index in [4.69, 9.17) is 14.2 Å². The van der Waals surface area contributed by atoms with Crippen molar-refractivity contribution in [2.75, 3.05) is 13.2 Å². The number of carbonyl (C=O) groups excluding carboxylic acids is 3. The molecule has 0 rings (SSSR count). The third-order valence-electron chi connectivity index (χ3n) is 11.4. The standard InChI is InChI=1S/C63H102O6/c1-4-7-10-13-16-19-22-25-28-30-31-33-35-38-41-44-47-50-53-56-62(65)68-59-60(58-67-61(64)55-52-49-46-43-40-37-34-27-24-21-18-15-12-9-6-3)69-63(66)57-54-51-48-45-42-39-36-32-29-26-23-20-17-14-11-8-5-2/h9,12,16-21,25-29,31,33-34,36,38-39,41,60H,4-8,10-11,13-15,22-24,30,32,35,37,40,42-59H2,1-3H3/b12-9-,19-16-,20-17-,21-18-,28-25-,29-26-,33-31-,34-27-,39-36-,41-38-/t60-/m1/s1. The van der Waals surface area contributed by atoms with Gasteiger partial charge in [0.25, 0.3) is 0 Å². The van der Waals surface area contributed by atoms with Crippen molar-refractivity contribution in [3.05, 3.63) is 122 Å². The summed E-state index contributed by atoms with van der Waals surface area (Å²) >= 11 is 0. The quantitative estimate of drug-likeness (QED) is 0.0262. The van der Waals surface area contributed by atoms with Gasteiger partial charge in [-0.3, -0.25) is 14.4 Å². The van der Waals surface area contributed by atoms with Gasteiger partial charge in [-0.15, -0.1) is 0 Å². The van der Waals surface area contributed by atoms with Gasteiger partial charge in [-0.2, -0.15) is 0 Å². The Labute approximate surface area is 424 Å². The molecule has 6 heteroatoms. The molecule has 0 fully saturated rings. The van der Waals surface area contributed by atoms with Crippen LogP contribution in [0, 0.1) is 0 Å². The van der Waals surface area contributed by atoms with Crippen molar-refractivity contribution >= 4 is 17.9 Å². The molecule has 0 aromatic rings. The van der Waals surface area contributed by atoms with Gasteiger partial charge in [-0.1, -0.05) is 206 Å². The van der Waals surface area contributed by atoms with E-state index in [1.807, 2.05) is 0 Å². The van der Waals surface area contributed by atoms with Crippen LogP contribution >= 0.6 is 0 Å². The highest BCUT2D eigenvalue weighted by Gasteiger charge is 2.19. The SMILES string of the molecule is CC/C=C\C/C=C\C/C=C\CCCCCCCC(=O)OC[C@H](COC(=O)CCCCC/C=C\C/C=C\C/C=C\C/C=C\CCCCC)OC(=O)CCCCCC/C=C\C/C=C\C/C=C\CCCCC. The normalized spacial score (nSPS) is 13.0. The minimum absolute atomic E-state index is 0.110. The van der Waals surface area contributed by atoms with Gasteiger partial charge in [0.1, 0.15) is 13.2 Å². The Balaban J connectivity index is 4.54. The number of carbonyl (C=O) groups is 3. The molecule has 0 saturated carbocycles. The Kier molecular flexibility index (Phi) is 53.0. The molecule has 0 saturated heterocycles. The Morgan fingerprint density at radius 1 is 0.304 bits per heavy atom. The van der Waals surface area contributed by atoms with Crippen LogP contribution in [-0.2, 0) is 28.6 Å². The summed E-state index contributed by atoms with van der Waals surface area (Å²) in [5, 5.41) is 0. The molecular formula is C63H102O6. The molecule has 0 aliphatic heterocycles. The van der Waals surface area contributed by atoms with Crippen LogP contribution in [-0.4, -0.2) is 37.2 Å². The van der Waals surface area contributed by atoms with E-state index < -0.39 is 6.10 Å². The lowest BCUT2D eigenvalue weighted by molar-refractivity contribution is -0.167. The number of esters is 3. The molecule has 69 heavy (non-hydrogen) atoms. The summed E-state index contributed by atoms with van der Waals surface area (Å²) in [6, 6.07) is 0. The lowest BCUT2D eigenvalue weighted by atomic mass is 10.1. The Morgan fingerprint density at radius 2 is 0.565 bits per heavy atom. The predicted molar refractivity (Wildman–Crippen MR) is 297 cm³/mol. The minimum Gasteiger partial charge on any atom is -0.462 e. The van der Waals surface area contributed by atoms with Gasteiger partial charge in [-0.25, -0.2) is 0 Å². The fourth-order valence-electron chi connectivity index (χ4n) is 7.21. The highest BCUT2D eigenvalue weighted by Crippen LogP contribution is 2.12. The predicted octanol–water partition coefficient (Wildman–Crippen LogP) is 18.9. The monoisotopic (exact) mass is 955 g/mol. The lowest BCUT2D eigenvalue weighted by Crippen LogP contribution is -2.30. The smallest absolute Gasteiger partial charge is 0.306 e. The van der Waals surface area contributed by atoms with Gasteiger partial charge in [0.15, 0.2) is 6.10 Å². The third kappa shape index (κ3) is 54.6. The first-order chi connectivity index (χ1) is 34.0. The van der Waals surface area contributed by atoms with Crippen LogP contribution in [0.15, 0.2) is 122 Å². The number of unbranched alkanes of at least 4 members (excludes halogenated alkanes) is 18. The maximum absolute atomic E-state index is 12.8. The summed E-state index contributed by atoms with van der Waals surface area (Å²) in [6.45, 7) is 6.40. The first-order valence-corrected chi connectivity index (χ1v) is 28.0. The van der Waals surface area contributed by atoms with Crippen molar-refractivity contribution in [1.82, 2.24) is 0 Å². The van der Waals surface area contributed by atoms with Crippen LogP contribution in [0.2, 0.25) is 0 Å². The van der Waals surface area contributed by atoms with E-state index in [0.717, 1.165) is 148 Å². The molecule has 0 aromatic heterocycles. The average Bonchev–Trinajstić information content (AvgIpc) is 3.35. The van der Waals surface area contributed by atoms with Crippen molar-refractivity contribution in [2.24, 2.45) is 0 Å². The van der Waals surface area contributed by atoms with Crippen molar-refractivity contribution in [3.63, 3.8) is 0 Å². The summed E-state index contributed by atoms with van der Waals surface area (Å²) in [5.41, 5.74) is 0. The molecule has 0 spiro atoms. The zero-order valence-electron chi connectivity index (χ0n) is 44.5. The second kappa shape index (κ2) is 56.4. The largest absolute Gasteiger partial charge is 0.462 e. The molecule has 0 bridgehead atoms. The molecule has 0 unspecified atom stereocenters. The summed E-state index contributed by atoms with van der Waals surface area (Å²) in [7, 11) is 0. The van der Waals surface area contributed by atoms with Crippen molar-refractivity contribution < 1.29 is 28.6 Å². The number of hydrogen-bond acceptors (Lipinski definition) is 6. The van der Waals surface area contributed by atoms with Crippen molar-refractivity contribution in [3.8, 4) is 0 Å². The number of rotatable bonds is 49. The van der Waals surface area contributed by atoms with E-state index in [1.165, 1.54) is 51.4 Å². The first-order valence-electron chi connectivity index (χ1n) is 28.0. The minimum atomic E-state index is -0.815. The Hall–Kier alpha value is -4.19. The zero-order valence-corrected chi connectivity index (χ0v) is 44.5. The van der Waals surface area contributed by atoms with E-state index in [2.05, 4.69) is 142 Å². The van der Waals surface area contributed by atoms with E-state index in [0.29, 0.717) is 12.8 Å². The number of allylic oxidation sites excluding steroid dienone is 20. The fourth-order valence-corrected chi connectivity index (χ4v) is 7.21. The molecule has 0 N–H and O–H groups in total. The maximum Gasteiger partial charge on any atom is 0.306 e. The summed E-state index contributed by atoms with van der Waals surface area (Å²) in [6.07, 6.45) is 77.5. The summed E-state index contributed by atoms with van der Waals surface area (Å²) < 4.78 is 16.8. The molecule has 0 amide bonds. The van der Waals surface area contributed by atoms with Gasteiger partial charge in [-0.05, 0) is 135 Å². The van der Waals surface area contributed by atoms with Gasteiger partial charge in [0.05, 0.1) is 0 Å². The molecule has 0 heterocycles. The van der Waals surface area contributed by atoms with Gasteiger partial charge in [0.2, 0.25) is 0 Å². The van der Waals surface area contributed by atoms with Crippen LogP contribution in [0.4, 0.5) is 0 Å². The second-order valence-electron chi connectivity index (χ2n) is 18.1. The molecule has 1 atom stereocenters. The number of hydrogen-bond donors (Lipinski definition) is 0. The van der Waals surface area contributed by atoms with Gasteiger partial charge < -0.3 is 14.2 Å². The zero-order chi connectivity index (χ0) is 50.0. The molecule has 6 nitrogen and oxygen atoms in total. The second-order valence-corrected chi connectivity index (χ2v) is 18.1. The molecule has 390 valence electrons.